The summed E-state index contributed by atoms with van der Waals surface area (Å²) >= 11 is 0. The Balaban J connectivity index is 1.89. The van der Waals surface area contributed by atoms with Gasteiger partial charge in [0.25, 0.3) is 11.7 Å². The molecule has 0 saturated carbocycles. The Morgan fingerprint density at radius 3 is 2.55 bits per heavy atom. The van der Waals surface area contributed by atoms with Crippen LogP contribution in [0.2, 0.25) is 0 Å². The minimum Gasteiger partial charge on any atom is -0.507 e. The lowest BCUT2D eigenvalue weighted by Gasteiger charge is -2.25. The predicted molar refractivity (Wildman–Crippen MR) is 127 cm³/mol. The van der Waals surface area contributed by atoms with Gasteiger partial charge in [0.05, 0.1) is 24.8 Å². The SMILES string of the molecule is CCCOc1cccc(C2/C(=C(/O)c3cccc4ccccc34)C(=O)C(=O)N2CCOC)c1. The number of methoxy groups -OCH3 is 1. The van der Waals surface area contributed by atoms with Gasteiger partial charge in [0.15, 0.2) is 0 Å². The van der Waals surface area contributed by atoms with E-state index in [9.17, 15) is 14.7 Å². The van der Waals surface area contributed by atoms with Gasteiger partial charge in [-0.25, -0.2) is 0 Å². The normalized spacial score (nSPS) is 17.6. The molecular formula is C27H27NO5. The largest absolute Gasteiger partial charge is 0.507 e. The highest BCUT2D eigenvalue weighted by Crippen LogP contribution is 2.41. The third kappa shape index (κ3) is 4.34. The van der Waals surface area contributed by atoms with Gasteiger partial charge in [0.1, 0.15) is 11.5 Å². The number of aliphatic hydroxyl groups excluding tert-OH is 1. The minimum absolute atomic E-state index is 0.0695. The van der Waals surface area contributed by atoms with Crippen molar-refractivity contribution in [2.24, 2.45) is 0 Å². The van der Waals surface area contributed by atoms with E-state index in [0.717, 1.165) is 17.2 Å². The van der Waals surface area contributed by atoms with E-state index in [-0.39, 0.29) is 24.5 Å². The average molecular weight is 446 g/mol. The van der Waals surface area contributed by atoms with Crippen LogP contribution in [0.4, 0.5) is 0 Å². The van der Waals surface area contributed by atoms with E-state index >= 15 is 0 Å². The van der Waals surface area contributed by atoms with Crippen molar-refractivity contribution < 1.29 is 24.2 Å². The summed E-state index contributed by atoms with van der Waals surface area (Å²) in [5.41, 5.74) is 1.28. The van der Waals surface area contributed by atoms with Crippen LogP contribution < -0.4 is 4.74 Å². The molecule has 3 aromatic rings. The van der Waals surface area contributed by atoms with Gasteiger partial charge in [-0.3, -0.25) is 9.59 Å². The Labute approximate surface area is 193 Å². The standard InChI is InChI=1S/C27H27NO5/c1-3-15-33-20-11-6-10-19(17-20)24-23(26(30)27(31)28(24)14-16-32-2)25(29)22-13-7-9-18-8-4-5-12-21(18)22/h4-13,17,24,29H,3,14-16H2,1-2H3/b25-23-. The first kappa shape index (κ1) is 22.6. The number of ether oxygens (including phenoxy) is 2. The smallest absolute Gasteiger partial charge is 0.295 e. The number of aliphatic hydroxyl groups is 1. The Hall–Kier alpha value is -3.64. The zero-order chi connectivity index (χ0) is 23.4. The van der Waals surface area contributed by atoms with E-state index in [1.165, 1.54) is 4.90 Å². The van der Waals surface area contributed by atoms with Gasteiger partial charge in [-0.2, -0.15) is 0 Å². The first-order valence-corrected chi connectivity index (χ1v) is 11.0. The number of hydrogen-bond acceptors (Lipinski definition) is 5. The molecule has 1 saturated heterocycles. The van der Waals surface area contributed by atoms with Crippen LogP contribution in [0, 0.1) is 0 Å². The van der Waals surface area contributed by atoms with Crippen LogP contribution in [0.5, 0.6) is 5.75 Å². The third-order valence-corrected chi connectivity index (χ3v) is 5.77. The number of amides is 1. The van der Waals surface area contributed by atoms with E-state index in [1.807, 2.05) is 67.6 Å². The van der Waals surface area contributed by atoms with Crippen LogP contribution in [0.15, 0.2) is 72.3 Å². The van der Waals surface area contributed by atoms with Crippen molar-refractivity contribution in [2.45, 2.75) is 19.4 Å². The second-order valence-corrected chi connectivity index (χ2v) is 7.93. The number of fused-ring (bicyclic) bond motifs is 1. The molecule has 6 heteroatoms. The first-order chi connectivity index (χ1) is 16.1. The minimum atomic E-state index is -0.746. The molecule has 1 aliphatic heterocycles. The summed E-state index contributed by atoms with van der Waals surface area (Å²) in [5, 5.41) is 13.1. The van der Waals surface area contributed by atoms with Crippen molar-refractivity contribution >= 4 is 28.2 Å². The summed E-state index contributed by atoms with van der Waals surface area (Å²) in [7, 11) is 1.54. The van der Waals surface area contributed by atoms with Crippen molar-refractivity contribution in [3.63, 3.8) is 0 Å². The maximum atomic E-state index is 13.2. The van der Waals surface area contributed by atoms with Gasteiger partial charge in [-0.15, -0.1) is 0 Å². The molecule has 0 spiro atoms. The first-order valence-electron chi connectivity index (χ1n) is 11.0. The fourth-order valence-electron chi connectivity index (χ4n) is 4.22. The van der Waals surface area contributed by atoms with Crippen LogP contribution in [-0.2, 0) is 14.3 Å². The van der Waals surface area contributed by atoms with Crippen LogP contribution in [0.1, 0.15) is 30.5 Å². The summed E-state index contributed by atoms with van der Waals surface area (Å²) in [6, 6.07) is 19.7. The van der Waals surface area contributed by atoms with Crippen LogP contribution in [0.25, 0.3) is 16.5 Å². The molecule has 0 bridgehead atoms. The predicted octanol–water partition coefficient (Wildman–Crippen LogP) is 4.70. The lowest BCUT2D eigenvalue weighted by atomic mass is 9.93. The number of nitrogens with zero attached hydrogens (tertiary/aromatic N) is 1. The molecule has 0 aromatic heterocycles. The molecule has 1 unspecified atom stereocenters. The number of hydrogen-bond donors (Lipinski definition) is 1. The Morgan fingerprint density at radius 2 is 1.76 bits per heavy atom. The Kier molecular flexibility index (Phi) is 6.75. The van der Waals surface area contributed by atoms with Crippen molar-refractivity contribution in [3.8, 4) is 5.75 Å². The van der Waals surface area contributed by atoms with E-state index in [4.69, 9.17) is 9.47 Å². The monoisotopic (exact) mass is 445 g/mol. The molecule has 0 radical (unpaired) electrons. The van der Waals surface area contributed by atoms with Crippen molar-refractivity contribution in [2.75, 3.05) is 26.9 Å². The lowest BCUT2D eigenvalue weighted by Crippen LogP contribution is -2.32. The van der Waals surface area contributed by atoms with Crippen LogP contribution >= 0.6 is 0 Å². The molecule has 1 fully saturated rings. The van der Waals surface area contributed by atoms with Gasteiger partial charge in [0, 0.05) is 19.2 Å². The number of Topliss-reactive ketones (excluding diaryl/α,β-unsaturated/α-hetero) is 1. The molecule has 1 N–H and O–H groups in total. The van der Waals surface area contributed by atoms with Crippen molar-refractivity contribution in [1.82, 2.24) is 4.90 Å². The summed E-state index contributed by atoms with van der Waals surface area (Å²) in [6.07, 6.45) is 0.859. The number of carbonyl (C=O) groups is 2. The van der Waals surface area contributed by atoms with Gasteiger partial charge < -0.3 is 19.5 Å². The summed E-state index contributed by atoms with van der Waals surface area (Å²) in [6.45, 7) is 3.07. The highest BCUT2D eigenvalue weighted by molar-refractivity contribution is 6.46. The fraction of sp³-hybridized carbons (Fsp3) is 0.259. The summed E-state index contributed by atoms with van der Waals surface area (Å²) in [4.78, 5) is 27.7. The highest BCUT2D eigenvalue weighted by Gasteiger charge is 2.46. The third-order valence-electron chi connectivity index (χ3n) is 5.77. The Morgan fingerprint density at radius 1 is 1.00 bits per heavy atom. The lowest BCUT2D eigenvalue weighted by molar-refractivity contribution is -0.140. The number of rotatable bonds is 8. The molecule has 6 nitrogen and oxygen atoms in total. The molecule has 3 aromatic carbocycles. The molecule has 1 atom stereocenters. The zero-order valence-corrected chi connectivity index (χ0v) is 18.8. The zero-order valence-electron chi connectivity index (χ0n) is 18.8. The molecule has 170 valence electrons. The fourth-order valence-corrected chi connectivity index (χ4v) is 4.22. The van der Waals surface area contributed by atoms with Gasteiger partial charge in [-0.1, -0.05) is 61.5 Å². The molecule has 0 aliphatic carbocycles. The maximum Gasteiger partial charge on any atom is 0.295 e. The molecule has 1 amide bonds. The maximum absolute atomic E-state index is 13.2. The van der Waals surface area contributed by atoms with Gasteiger partial charge in [-0.05, 0) is 34.9 Å². The van der Waals surface area contributed by atoms with Crippen LogP contribution in [0.3, 0.4) is 0 Å². The van der Waals surface area contributed by atoms with Crippen molar-refractivity contribution in [3.05, 3.63) is 83.4 Å². The number of ketones is 1. The topological polar surface area (TPSA) is 76.1 Å². The molecule has 1 aliphatic rings. The number of likely N-dealkylation sites (tertiary alicyclic amines) is 1. The second kappa shape index (κ2) is 9.88. The van der Waals surface area contributed by atoms with E-state index in [2.05, 4.69) is 0 Å². The van der Waals surface area contributed by atoms with Gasteiger partial charge in [0.2, 0.25) is 0 Å². The van der Waals surface area contributed by atoms with Crippen LogP contribution in [-0.4, -0.2) is 48.6 Å². The summed E-state index contributed by atoms with van der Waals surface area (Å²) in [5.74, 6) is -0.896. The number of benzene rings is 3. The highest BCUT2D eigenvalue weighted by atomic mass is 16.5. The quantitative estimate of drug-likeness (QED) is 0.309. The average Bonchev–Trinajstić information content (AvgIpc) is 3.10. The number of carbonyl (C=O) groups excluding carboxylic acids is 2. The second-order valence-electron chi connectivity index (χ2n) is 7.93. The van der Waals surface area contributed by atoms with E-state index in [0.29, 0.717) is 23.5 Å². The van der Waals surface area contributed by atoms with Gasteiger partial charge >= 0.3 is 0 Å². The Bertz CT molecular complexity index is 1210. The molecule has 1 heterocycles. The van der Waals surface area contributed by atoms with Crippen molar-refractivity contribution in [1.29, 1.82) is 0 Å². The van der Waals surface area contributed by atoms with E-state index in [1.54, 1.807) is 13.2 Å². The molecular weight excluding hydrogens is 418 g/mol. The molecule has 4 rings (SSSR count). The van der Waals surface area contributed by atoms with E-state index < -0.39 is 17.7 Å². The molecule has 33 heavy (non-hydrogen) atoms. The summed E-state index contributed by atoms with van der Waals surface area (Å²) < 4.78 is 10.9.